The van der Waals surface area contributed by atoms with Crippen molar-refractivity contribution in [1.29, 1.82) is 0 Å². The van der Waals surface area contributed by atoms with Gasteiger partial charge < -0.3 is 4.90 Å². The van der Waals surface area contributed by atoms with Gasteiger partial charge in [-0.05, 0) is 49.8 Å². The Hall–Kier alpha value is -1.37. The zero-order valence-electron chi connectivity index (χ0n) is 16.0. The molecule has 1 aromatic carbocycles. The number of piperidine rings is 1. The van der Waals surface area contributed by atoms with Gasteiger partial charge in [0.05, 0.1) is 4.91 Å². The van der Waals surface area contributed by atoms with E-state index in [1.54, 1.807) is 17.0 Å². The van der Waals surface area contributed by atoms with Crippen molar-refractivity contribution < 1.29 is 9.59 Å². The summed E-state index contributed by atoms with van der Waals surface area (Å²) in [6.07, 6.45) is 7.26. The van der Waals surface area contributed by atoms with E-state index in [0.717, 1.165) is 31.4 Å². The largest absolute Gasteiger partial charge is 0.340 e. The van der Waals surface area contributed by atoms with E-state index < -0.39 is 0 Å². The molecule has 2 amide bonds. The Bertz CT molecular complexity index is 796. The fourth-order valence-corrected chi connectivity index (χ4v) is 5.20. The van der Waals surface area contributed by atoms with Crippen LogP contribution in [0.4, 0.5) is 0 Å². The van der Waals surface area contributed by atoms with Crippen LogP contribution >= 0.6 is 35.6 Å². The van der Waals surface area contributed by atoms with Gasteiger partial charge in [-0.25, -0.2) is 0 Å². The molecule has 2 aliphatic heterocycles. The van der Waals surface area contributed by atoms with Gasteiger partial charge in [0.1, 0.15) is 4.32 Å². The average molecular weight is 437 g/mol. The van der Waals surface area contributed by atoms with Crippen LogP contribution in [0.25, 0.3) is 6.08 Å². The van der Waals surface area contributed by atoms with Crippen molar-refractivity contribution in [2.24, 2.45) is 0 Å². The van der Waals surface area contributed by atoms with Crippen LogP contribution in [0.1, 0.15) is 51.0 Å². The molecule has 2 saturated heterocycles. The van der Waals surface area contributed by atoms with Gasteiger partial charge in [-0.2, -0.15) is 0 Å². The highest BCUT2D eigenvalue weighted by molar-refractivity contribution is 8.26. The third kappa shape index (κ3) is 4.97. The Morgan fingerprint density at radius 2 is 2.14 bits per heavy atom. The molecular formula is C21H25ClN2O2S2. The molecule has 28 heavy (non-hydrogen) atoms. The third-order valence-electron chi connectivity index (χ3n) is 5.26. The molecule has 3 rings (SSSR count). The van der Waals surface area contributed by atoms with Crippen molar-refractivity contribution in [3.05, 3.63) is 39.8 Å². The second-order valence-corrected chi connectivity index (χ2v) is 9.19. The maximum atomic E-state index is 12.7. The maximum Gasteiger partial charge on any atom is 0.266 e. The summed E-state index contributed by atoms with van der Waals surface area (Å²) < 4.78 is 0.542. The standard InChI is InChI=1S/C21H25ClN2O2S2/c1-2-16-9-5-6-12-23(16)19(25)11-7-13-24-20(26)18(28-21(24)27)14-15-8-3-4-10-17(15)22/h3-4,8,10,14,16H,2,5-7,9,11-13H2,1H3/b18-14-/t16-/m0/s1. The molecule has 7 heteroatoms. The zero-order chi connectivity index (χ0) is 20.1. The van der Waals surface area contributed by atoms with E-state index in [0.29, 0.717) is 39.7 Å². The minimum Gasteiger partial charge on any atom is -0.340 e. The molecule has 0 N–H and O–H groups in total. The second-order valence-electron chi connectivity index (χ2n) is 7.10. The van der Waals surface area contributed by atoms with Gasteiger partial charge in [-0.3, -0.25) is 14.5 Å². The molecule has 0 bridgehead atoms. The number of nitrogens with zero attached hydrogens (tertiary/aromatic N) is 2. The molecule has 0 aliphatic carbocycles. The number of amides is 2. The van der Waals surface area contributed by atoms with Crippen LogP contribution in [-0.2, 0) is 9.59 Å². The smallest absolute Gasteiger partial charge is 0.266 e. The number of carbonyl (C=O) groups is 2. The highest BCUT2D eigenvalue weighted by Gasteiger charge is 2.32. The summed E-state index contributed by atoms with van der Waals surface area (Å²) >= 11 is 12.9. The Balaban J connectivity index is 1.56. The van der Waals surface area contributed by atoms with E-state index in [-0.39, 0.29) is 11.8 Å². The number of rotatable bonds is 6. The topological polar surface area (TPSA) is 40.6 Å². The summed E-state index contributed by atoms with van der Waals surface area (Å²) in [7, 11) is 0. The number of hydrogen-bond acceptors (Lipinski definition) is 4. The van der Waals surface area contributed by atoms with Gasteiger partial charge in [0.25, 0.3) is 5.91 Å². The fraction of sp³-hybridized carbons (Fsp3) is 0.476. The number of likely N-dealkylation sites (tertiary alicyclic amines) is 1. The van der Waals surface area contributed by atoms with Crippen LogP contribution in [0.3, 0.4) is 0 Å². The number of hydrogen-bond donors (Lipinski definition) is 0. The van der Waals surface area contributed by atoms with Crippen molar-refractivity contribution in [2.45, 2.75) is 51.5 Å². The molecule has 0 aromatic heterocycles. The lowest BCUT2D eigenvalue weighted by atomic mass is 9.99. The Morgan fingerprint density at radius 1 is 1.36 bits per heavy atom. The molecule has 1 atom stereocenters. The van der Waals surface area contributed by atoms with Crippen LogP contribution in [0.5, 0.6) is 0 Å². The lowest BCUT2D eigenvalue weighted by molar-refractivity contribution is -0.135. The Morgan fingerprint density at radius 3 is 2.89 bits per heavy atom. The van der Waals surface area contributed by atoms with E-state index in [1.165, 1.54) is 18.2 Å². The highest BCUT2D eigenvalue weighted by atomic mass is 35.5. The number of benzene rings is 1. The monoisotopic (exact) mass is 436 g/mol. The van der Waals surface area contributed by atoms with E-state index in [9.17, 15) is 9.59 Å². The summed E-state index contributed by atoms with van der Waals surface area (Å²) in [6, 6.07) is 7.78. The molecule has 1 aromatic rings. The number of thioether (sulfide) groups is 1. The van der Waals surface area contributed by atoms with Gasteiger partial charge in [-0.15, -0.1) is 0 Å². The maximum absolute atomic E-state index is 12.7. The van der Waals surface area contributed by atoms with Crippen molar-refractivity contribution in [1.82, 2.24) is 9.80 Å². The van der Waals surface area contributed by atoms with Gasteiger partial charge >= 0.3 is 0 Å². The Labute approximate surface area is 181 Å². The zero-order valence-corrected chi connectivity index (χ0v) is 18.4. The van der Waals surface area contributed by atoms with Crippen molar-refractivity contribution in [2.75, 3.05) is 13.1 Å². The van der Waals surface area contributed by atoms with Crippen molar-refractivity contribution in [3.8, 4) is 0 Å². The van der Waals surface area contributed by atoms with Gasteiger partial charge in [0, 0.05) is 30.6 Å². The predicted molar refractivity (Wildman–Crippen MR) is 120 cm³/mol. The molecule has 0 radical (unpaired) electrons. The van der Waals surface area contributed by atoms with E-state index in [4.69, 9.17) is 23.8 Å². The van der Waals surface area contributed by atoms with Crippen molar-refractivity contribution >= 4 is 57.8 Å². The second kappa shape index (κ2) is 9.90. The minimum atomic E-state index is -0.105. The highest BCUT2D eigenvalue weighted by Crippen LogP contribution is 2.34. The van der Waals surface area contributed by atoms with Crippen LogP contribution < -0.4 is 0 Å². The van der Waals surface area contributed by atoms with Gasteiger partial charge in [-0.1, -0.05) is 60.7 Å². The quantitative estimate of drug-likeness (QED) is 0.458. The molecule has 4 nitrogen and oxygen atoms in total. The summed E-state index contributed by atoms with van der Waals surface area (Å²) in [5.74, 6) is 0.0929. The normalized spacial score (nSPS) is 21.6. The molecule has 0 unspecified atom stereocenters. The number of halogens is 1. The molecule has 2 aliphatic rings. The lowest BCUT2D eigenvalue weighted by Gasteiger charge is -2.35. The predicted octanol–water partition coefficient (Wildman–Crippen LogP) is 5.11. The molecular weight excluding hydrogens is 412 g/mol. The minimum absolute atomic E-state index is 0.105. The molecule has 150 valence electrons. The van der Waals surface area contributed by atoms with E-state index in [2.05, 4.69) is 6.92 Å². The van der Waals surface area contributed by atoms with Gasteiger partial charge in [0.15, 0.2) is 0 Å². The average Bonchev–Trinajstić information content (AvgIpc) is 2.97. The first-order valence-electron chi connectivity index (χ1n) is 9.80. The lowest BCUT2D eigenvalue weighted by Crippen LogP contribution is -2.43. The summed E-state index contributed by atoms with van der Waals surface area (Å²) in [5, 5.41) is 0.602. The van der Waals surface area contributed by atoms with Crippen LogP contribution in [0.2, 0.25) is 5.02 Å². The number of carbonyl (C=O) groups excluding carboxylic acids is 2. The summed E-state index contributed by atoms with van der Waals surface area (Å²) in [5.41, 5.74) is 0.801. The van der Waals surface area contributed by atoms with Crippen LogP contribution in [0, 0.1) is 0 Å². The summed E-state index contributed by atoms with van der Waals surface area (Å²) in [4.78, 5) is 29.5. The molecule has 0 spiro atoms. The van der Waals surface area contributed by atoms with Crippen LogP contribution in [0.15, 0.2) is 29.2 Å². The Kier molecular flexibility index (Phi) is 7.55. The first-order chi connectivity index (χ1) is 13.5. The third-order valence-corrected chi connectivity index (χ3v) is 6.98. The van der Waals surface area contributed by atoms with E-state index in [1.807, 2.05) is 23.1 Å². The fourth-order valence-electron chi connectivity index (χ4n) is 3.71. The number of thiocarbonyl (C=S) groups is 1. The first-order valence-corrected chi connectivity index (χ1v) is 11.4. The molecule has 2 fully saturated rings. The SMILES string of the molecule is CC[C@H]1CCCCN1C(=O)CCCN1C(=O)/C(=C/c2ccccc2Cl)SC1=S. The summed E-state index contributed by atoms with van der Waals surface area (Å²) in [6.45, 7) is 3.47. The molecule has 2 heterocycles. The first kappa shape index (κ1) is 21.3. The van der Waals surface area contributed by atoms with Crippen LogP contribution in [-0.4, -0.2) is 45.1 Å². The van der Waals surface area contributed by atoms with Gasteiger partial charge in [0.2, 0.25) is 5.91 Å². The molecule has 0 saturated carbocycles. The van der Waals surface area contributed by atoms with E-state index >= 15 is 0 Å². The van der Waals surface area contributed by atoms with Crippen molar-refractivity contribution in [3.63, 3.8) is 0 Å².